The summed E-state index contributed by atoms with van der Waals surface area (Å²) in [6, 6.07) is 2.98. The van der Waals surface area contributed by atoms with Crippen molar-refractivity contribution in [1.82, 2.24) is 4.90 Å². The number of amides is 1. The molecule has 1 atom stereocenters. The number of thioether (sulfide) groups is 1. The Bertz CT molecular complexity index is 821. The Kier molecular flexibility index (Phi) is 6.81. The van der Waals surface area contributed by atoms with E-state index in [1.54, 1.807) is 13.0 Å². The maximum absolute atomic E-state index is 12.6. The van der Waals surface area contributed by atoms with Crippen LogP contribution in [0, 0.1) is 0 Å². The highest BCUT2D eigenvalue weighted by molar-refractivity contribution is 8.26. The highest BCUT2D eigenvalue weighted by Gasteiger charge is 2.37. The normalized spacial score (nSPS) is 16.6. The number of rotatable bonds is 8. The molecule has 144 valence electrons. The minimum atomic E-state index is -1.60. The van der Waals surface area contributed by atoms with E-state index in [4.69, 9.17) is 17.0 Å². The number of carboxylic acids is 2. The number of benzene rings is 1. The molecule has 0 spiro atoms. The first-order valence-corrected chi connectivity index (χ1v) is 9.10. The topological polar surface area (TPSA) is 130 Å². The Labute approximate surface area is 164 Å². The molecule has 10 heteroatoms. The fourth-order valence-corrected chi connectivity index (χ4v) is 3.76. The van der Waals surface area contributed by atoms with Crippen LogP contribution in [0.2, 0.25) is 0 Å². The summed E-state index contributed by atoms with van der Waals surface area (Å²) in [5.41, 5.74) is 0.538. The minimum absolute atomic E-state index is 0.0115. The maximum atomic E-state index is 12.6. The van der Waals surface area contributed by atoms with Gasteiger partial charge >= 0.3 is 0 Å². The number of nitrogens with zero attached hydrogens (tertiary/aromatic N) is 1. The summed E-state index contributed by atoms with van der Waals surface area (Å²) in [7, 11) is 0. The van der Waals surface area contributed by atoms with Crippen molar-refractivity contribution in [2.24, 2.45) is 0 Å². The number of aromatic hydroxyl groups is 1. The van der Waals surface area contributed by atoms with Gasteiger partial charge in [0.1, 0.15) is 4.32 Å². The number of hydrogen-bond acceptors (Lipinski definition) is 9. The third kappa shape index (κ3) is 4.98. The molecule has 1 aliphatic rings. The Morgan fingerprint density at radius 2 is 2.11 bits per heavy atom. The zero-order valence-corrected chi connectivity index (χ0v) is 15.8. The molecule has 0 radical (unpaired) electrons. The van der Waals surface area contributed by atoms with Gasteiger partial charge in [0, 0.05) is 5.97 Å². The highest BCUT2D eigenvalue weighted by Crippen LogP contribution is 2.36. The molecule has 0 bridgehead atoms. The molecule has 27 heavy (non-hydrogen) atoms. The van der Waals surface area contributed by atoms with E-state index >= 15 is 0 Å². The number of aliphatic carboxylic acids is 2. The van der Waals surface area contributed by atoms with Crippen molar-refractivity contribution < 1.29 is 34.4 Å². The van der Waals surface area contributed by atoms with Gasteiger partial charge < -0.3 is 29.6 Å². The minimum Gasteiger partial charge on any atom is -0.550 e. The lowest BCUT2D eigenvalue weighted by molar-refractivity contribution is -0.311. The molecular weight excluding hydrogens is 394 g/mol. The molecule has 1 aliphatic heterocycles. The Balaban J connectivity index is 2.28. The largest absolute Gasteiger partial charge is 0.550 e. The van der Waals surface area contributed by atoms with Crippen LogP contribution in [-0.4, -0.2) is 44.8 Å². The van der Waals surface area contributed by atoms with Crippen molar-refractivity contribution in [3.8, 4) is 11.5 Å². The molecule has 1 fully saturated rings. The standard InChI is InChI=1S/C17H17NO7S2/c1-2-25-12-7-9(3-5-11(12)19)8-13-15(22)18(17(26)27-13)10(16(23)24)4-6-14(20)21/h3,5,7-8,10,19H,2,4,6H2,1H3,(H,20,21)(H,23,24)/p-2/b13-8+/t10-/m0/s1. The van der Waals surface area contributed by atoms with Crippen LogP contribution in [0.15, 0.2) is 23.1 Å². The number of phenols is 1. The van der Waals surface area contributed by atoms with Gasteiger partial charge in [0.05, 0.1) is 23.5 Å². The molecular formula is C17H15NO7S2-2. The van der Waals surface area contributed by atoms with E-state index in [2.05, 4.69) is 0 Å². The van der Waals surface area contributed by atoms with Gasteiger partial charge in [-0.1, -0.05) is 30.0 Å². The summed E-state index contributed by atoms with van der Waals surface area (Å²) in [5, 5.41) is 31.7. The number of thiocarbonyl (C=S) groups is 1. The molecule has 0 aliphatic carbocycles. The van der Waals surface area contributed by atoms with E-state index in [1.165, 1.54) is 18.2 Å². The van der Waals surface area contributed by atoms with Gasteiger partial charge in [-0.2, -0.15) is 0 Å². The van der Waals surface area contributed by atoms with Crippen LogP contribution < -0.4 is 14.9 Å². The number of ether oxygens (including phenoxy) is 1. The number of hydrogen-bond donors (Lipinski definition) is 1. The van der Waals surface area contributed by atoms with Crippen LogP contribution >= 0.6 is 24.0 Å². The van der Waals surface area contributed by atoms with Gasteiger partial charge in [-0.05, 0) is 43.5 Å². The zero-order chi connectivity index (χ0) is 20.1. The van der Waals surface area contributed by atoms with Gasteiger partial charge in [-0.15, -0.1) is 0 Å². The molecule has 0 aromatic heterocycles. The molecule has 0 unspecified atom stereocenters. The fourth-order valence-electron chi connectivity index (χ4n) is 2.40. The van der Waals surface area contributed by atoms with Gasteiger partial charge in [-0.25, -0.2) is 0 Å². The quantitative estimate of drug-likeness (QED) is 0.452. The maximum Gasteiger partial charge on any atom is 0.266 e. The predicted octanol–water partition coefficient (Wildman–Crippen LogP) is -0.359. The van der Waals surface area contributed by atoms with Crippen molar-refractivity contribution in [2.45, 2.75) is 25.8 Å². The molecule has 1 saturated heterocycles. The summed E-state index contributed by atoms with van der Waals surface area (Å²) in [4.78, 5) is 35.6. The monoisotopic (exact) mass is 409 g/mol. The molecule has 1 heterocycles. The number of carboxylic acid groups (broad SMARTS) is 2. The second-order valence-corrected chi connectivity index (χ2v) is 7.13. The van der Waals surface area contributed by atoms with Crippen LogP contribution in [0.25, 0.3) is 6.08 Å². The lowest BCUT2D eigenvalue weighted by Gasteiger charge is -2.27. The van der Waals surface area contributed by atoms with Crippen LogP contribution in [0.4, 0.5) is 0 Å². The van der Waals surface area contributed by atoms with Crippen LogP contribution in [0.1, 0.15) is 25.3 Å². The molecule has 1 aromatic carbocycles. The lowest BCUT2D eigenvalue weighted by Crippen LogP contribution is -2.50. The average Bonchev–Trinajstić information content (AvgIpc) is 2.85. The Morgan fingerprint density at radius 3 is 2.70 bits per heavy atom. The lowest BCUT2D eigenvalue weighted by atomic mass is 10.1. The highest BCUT2D eigenvalue weighted by atomic mass is 32.2. The second-order valence-electron chi connectivity index (χ2n) is 5.46. The number of carbonyl (C=O) groups is 3. The summed E-state index contributed by atoms with van der Waals surface area (Å²) in [5.74, 6) is -3.51. The van der Waals surface area contributed by atoms with Crippen molar-refractivity contribution >= 4 is 52.2 Å². The summed E-state index contributed by atoms with van der Waals surface area (Å²) in [6.07, 6.45) is 0.550. The van der Waals surface area contributed by atoms with Crippen molar-refractivity contribution in [2.75, 3.05) is 6.61 Å². The predicted molar refractivity (Wildman–Crippen MR) is 97.3 cm³/mol. The first-order valence-electron chi connectivity index (χ1n) is 7.88. The molecule has 2 rings (SSSR count). The molecule has 1 N–H and O–H groups in total. The van der Waals surface area contributed by atoms with Crippen LogP contribution in [-0.2, 0) is 14.4 Å². The van der Waals surface area contributed by atoms with E-state index in [0.29, 0.717) is 12.2 Å². The van der Waals surface area contributed by atoms with Gasteiger partial charge in [0.25, 0.3) is 5.91 Å². The van der Waals surface area contributed by atoms with E-state index < -0.39 is 30.3 Å². The Morgan fingerprint density at radius 1 is 1.41 bits per heavy atom. The fraction of sp³-hybridized carbons (Fsp3) is 0.294. The van der Waals surface area contributed by atoms with Gasteiger partial charge in [0.2, 0.25) is 0 Å². The van der Waals surface area contributed by atoms with E-state index in [0.717, 1.165) is 16.7 Å². The first kappa shape index (κ1) is 20.7. The average molecular weight is 409 g/mol. The zero-order valence-electron chi connectivity index (χ0n) is 14.2. The third-order valence-corrected chi connectivity index (χ3v) is 4.94. The number of phenolic OH excluding ortho intramolecular Hbond substituents is 1. The van der Waals surface area contributed by atoms with Gasteiger partial charge in [0.15, 0.2) is 11.5 Å². The van der Waals surface area contributed by atoms with E-state index in [9.17, 15) is 29.7 Å². The number of carbonyl (C=O) groups excluding carboxylic acids is 3. The van der Waals surface area contributed by atoms with Crippen LogP contribution in [0.5, 0.6) is 11.5 Å². The van der Waals surface area contributed by atoms with Gasteiger partial charge in [-0.3, -0.25) is 9.69 Å². The third-order valence-electron chi connectivity index (χ3n) is 3.61. The first-order chi connectivity index (χ1) is 12.7. The van der Waals surface area contributed by atoms with E-state index in [-0.39, 0.29) is 27.1 Å². The Hall–Kier alpha value is -2.59. The molecule has 1 amide bonds. The van der Waals surface area contributed by atoms with Crippen LogP contribution in [0.3, 0.4) is 0 Å². The smallest absolute Gasteiger partial charge is 0.266 e. The molecule has 1 aromatic rings. The van der Waals surface area contributed by atoms with Crippen molar-refractivity contribution in [3.05, 3.63) is 28.7 Å². The SMILES string of the molecule is CCOc1cc(/C=C2/SC(=S)N([C@@H](CCC(=O)[O-])C(=O)[O-])C2=O)ccc1O. The van der Waals surface area contributed by atoms with E-state index in [1.807, 2.05) is 0 Å². The summed E-state index contributed by atoms with van der Waals surface area (Å²) in [6.45, 7) is 2.09. The molecule has 8 nitrogen and oxygen atoms in total. The summed E-state index contributed by atoms with van der Waals surface area (Å²) >= 11 is 5.97. The van der Waals surface area contributed by atoms with Crippen molar-refractivity contribution in [3.63, 3.8) is 0 Å². The summed E-state index contributed by atoms with van der Waals surface area (Å²) < 4.78 is 5.27. The van der Waals surface area contributed by atoms with Crippen molar-refractivity contribution in [1.29, 1.82) is 0 Å². The second kappa shape index (κ2) is 8.87. The molecule has 0 saturated carbocycles.